The fourth-order valence-corrected chi connectivity index (χ4v) is 4.65. The van der Waals surface area contributed by atoms with Crippen molar-refractivity contribution in [1.29, 1.82) is 0 Å². The Hall–Kier alpha value is -0.710. The van der Waals surface area contributed by atoms with Gasteiger partial charge in [0, 0.05) is 30.0 Å². The van der Waals surface area contributed by atoms with Gasteiger partial charge in [0.05, 0.1) is 5.41 Å². The molecular formula is C14H21NO3S. The number of ether oxygens (including phenoxy) is 1. The molecule has 2 saturated heterocycles. The number of fused-ring (bicyclic) bond motifs is 2. The second kappa shape index (κ2) is 3.90. The van der Waals surface area contributed by atoms with Crippen LogP contribution in [0.1, 0.15) is 33.6 Å². The molecule has 2 atom stereocenters. The van der Waals surface area contributed by atoms with Crippen molar-refractivity contribution in [2.75, 3.05) is 24.6 Å². The summed E-state index contributed by atoms with van der Waals surface area (Å²) in [6.07, 6.45) is 1.43. The lowest BCUT2D eigenvalue weighted by Gasteiger charge is -2.40. The van der Waals surface area contributed by atoms with Gasteiger partial charge in [0.2, 0.25) is 0 Å². The number of hydrogen-bond acceptors (Lipinski definition) is 4. The van der Waals surface area contributed by atoms with Crippen LogP contribution < -0.4 is 0 Å². The first-order chi connectivity index (χ1) is 8.85. The number of esters is 1. The van der Waals surface area contributed by atoms with E-state index >= 15 is 0 Å². The zero-order valence-electron chi connectivity index (χ0n) is 11.8. The zero-order chi connectivity index (χ0) is 13.9. The third-order valence-corrected chi connectivity index (χ3v) is 6.67. The molecule has 0 N–H and O–H groups in total. The maximum absolute atomic E-state index is 12.9. The largest absolute Gasteiger partial charge is 0.448 e. The summed E-state index contributed by atoms with van der Waals surface area (Å²) >= 11 is 1.87. The summed E-state index contributed by atoms with van der Waals surface area (Å²) in [5.74, 6) is 1.80. The number of rotatable bonds is 1. The van der Waals surface area contributed by atoms with Gasteiger partial charge in [-0.2, -0.15) is 11.8 Å². The van der Waals surface area contributed by atoms with E-state index in [-0.39, 0.29) is 11.9 Å². The SMILES string of the molecule is CC1(C)[C@@]2(C(=O)N3CCSCC3)CC[C@]1(C)C(=O)O2. The van der Waals surface area contributed by atoms with E-state index in [0.717, 1.165) is 31.0 Å². The lowest BCUT2D eigenvalue weighted by Crippen LogP contribution is -2.56. The van der Waals surface area contributed by atoms with Crippen molar-refractivity contribution in [1.82, 2.24) is 4.90 Å². The van der Waals surface area contributed by atoms with Gasteiger partial charge in [-0.3, -0.25) is 9.59 Å². The quantitative estimate of drug-likeness (QED) is 0.687. The summed E-state index contributed by atoms with van der Waals surface area (Å²) < 4.78 is 5.64. The van der Waals surface area contributed by atoms with Gasteiger partial charge in [-0.1, -0.05) is 13.8 Å². The molecule has 0 aromatic rings. The maximum atomic E-state index is 12.9. The first kappa shape index (κ1) is 13.3. The van der Waals surface area contributed by atoms with Crippen molar-refractivity contribution in [2.24, 2.45) is 10.8 Å². The van der Waals surface area contributed by atoms with Crippen molar-refractivity contribution in [3.63, 3.8) is 0 Å². The average Bonchev–Trinajstić information content (AvgIpc) is 2.69. The zero-order valence-corrected chi connectivity index (χ0v) is 12.6. The van der Waals surface area contributed by atoms with Gasteiger partial charge in [0.15, 0.2) is 5.60 Å². The van der Waals surface area contributed by atoms with E-state index < -0.39 is 16.4 Å². The van der Waals surface area contributed by atoms with Gasteiger partial charge >= 0.3 is 5.97 Å². The lowest BCUT2D eigenvalue weighted by molar-refractivity contribution is -0.173. The van der Waals surface area contributed by atoms with Gasteiger partial charge in [-0.05, 0) is 19.8 Å². The van der Waals surface area contributed by atoms with Crippen LogP contribution in [-0.2, 0) is 14.3 Å². The summed E-state index contributed by atoms with van der Waals surface area (Å²) in [4.78, 5) is 27.0. The van der Waals surface area contributed by atoms with Crippen molar-refractivity contribution in [3.8, 4) is 0 Å². The number of amides is 1. The molecule has 1 amide bonds. The summed E-state index contributed by atoms with van der Waals surface area (Å²) in [5.41, 5.74) is -1.84. The van der Waals surface area contributed by atoms with E-state index in [9.17, 15) is 9.59 Å². The molecule has 1 saturated carbocycles. The normalized spacial score (nSPS) is 40.4. The Labute approximate surface area is 118 Å². The molecule has 2 bridgehead atoms. The maximum Gasteiger partial charge on any atom is 0.313 e. The Morgan fingerprint density at radius 1 is 1.21 bits per heavy atom. The number of carbonyl (C=O) groups is 2. The van der Waals surface area contributed by atoms with Crippen LogP contribution in [0.15, 0.2) is 0 Å². The Bertz CT molecular complexity index is 444. The molecule has 3 fully saturated rings. The number of thioether (sulfide) groups is 1. The van der Waals surface area contributed by atoms with E-state index in [0.29, 0.717) is 6.42 Å². The van der Waals surface area contributed by atoms with E-state index in [1.807, 2.05) is 37.4 Å². The van der Waals surface area contributed by atoms with Crippen LogP contribution >= 0.6 is 11.8 Å². The van der Waals surface area contributed by atoms with Crippen molar-refractivity contribution in [3.05, 3.63) is 0 Å². The highest BCUT2D eigenvalue weighted by Gasteiger charge is 2.76. The number of carbonyl (C=O) groups excluding carboxylic acids is 2. The minimum atomic E-state index is -0.916. The summed E-state index contributed by atoms with van der Waals surface area (Å²) in [7, 11) is 0. The molecular weight excluding hydrogens is 262 g/mol. The molecule has 3 aliphatic rings. The Morgan fingerprint density at radius 2 is 1.84 bits per heavy atom. The van der Waals surface area contributed by atoms with Crippen LogP contribution in [0.3, 0.4) is 0 Å². The third-order valence-electron chi connectivity index (χ3n) is 5.73. The van der Waals surface area contributed by atoms with Crippen LogP contribution in [-0.4, -0.2) is 47.0 Å². The first-order valence-electron chi connectivity index (χ1n) is 6.96. The van der Waals surface area contributed by atoms with E-state index in [1.54, 1.807) is 0 Å². The number of nitrogens with zero attached hydrogens (tertiary/aromatic N) is 1. The standard InChI is InChI=1S/C14H21NO3S/c1-12(2)13(3)4-5-14(12,18-11(13)17)10(16)15-6-8-19-9-7-15/h4-9H2,1-3H3/t13-,14+/m1/s1. The van der Waals surface area contributed by atoms with Gasteiger partial charge in [0.25, 0.3) is 5.91 Å². The van der Waals surface area contributed by atoms with Crippen molar-refractivity contribution < 1.29 is 14.3 Å². The molecule has 0 unspecified atom stereocenters. The van der Waals surface area contributed by atoms with Crippen LogP contribution in [0.2, 0.25) is 0 Å². The third kappa shape index (κ3) is 1.42. The average molecular weight is 283 g/mol. The molecule has 3 rings (SSSR count). The fraction of sp³-hybridized carbons (Fsp3) is 0.857. The first-order valence-corrected chi connectivity index (χ1v) is 8.11. The highest BCUT2D eigenvalue weighted by atomic mass is 32.2. The molecule has 0 radical (unpaired) electrons. The van der Waals surface area contributed by atoms with Crippen LogP contribution in [0.25, 0.3) is 0 Å². The molecule has 2 aliphatic heterocycles. The molecule has 106 valence electrons. The second-order valence-electron chi connectivity index (χ2n) is 6.58. The summed E-state index contributed by atoms with van der Waals surface area (Å²) in [6, 6.07) is 0. The molecule has 1 aliphatic carbocycles. The molecule has 5 heteroatoms. The van der Waals surface area contributed by atoms with Crippen LogP contribution in [0.4, 0.5) is 0 Å². The van der Waals surface area contributed by atoms with E-state index in [4.69, 9.17) is 4.74 Å². The Kier molecular flexibility index (Phi) is 2.73. The van der Waals surface area contributed by atoms with Crippen molar-refractivity contribution in [2.45, 2.75) is 39.2 Å². The Balaban J connectivity index is 1.95. The second-order valence-corrected chi connectivity index (χ2v) is 7.80. The minimum absolute atomic E-state index is 0.0346. The highest BCUT2D eigenvalue weighted by molar-refractivity contribution is 7.99. The number of hydrogen-bond donors (Lipinski definition) is 0. The molecule has 0 aromatic heterocycles. The van der Waals surface area contributed by atoms with Gasteiger partial charge < -0.3 is 9.64 Å². The smallest absolute Gasteiger partial charge is 0.313 e. The molecule has 4 nitrogen and oxygen atoms in total. The van der Waals surface area contributed by atoms with E-state index in [1.165, 1.54) is 0 Å². The molecule has 0 spiro atoms. The van der Waals surface area contributed by atoms with Gasteiger partial charge in [0.1, 0.15) is 0 Å². The fourth-order valence-electron chi connectivity index (χ4n) is 3.74. The highest BCUT2D eigenvalue weighted by Crippen LogP contribution is 2.65. The monoisotopic (exact) mass is 283 g/mol. The predicted molar refractivity (Wildman–Crippen MR) is 73.9 cm³/mol. The van der Waals surface area contributed by atoms with Gasteiger partial charge in [-0.15, -0.1) is 0 Å². The minimum Gasteiger partial charge on any atom is -0.448 e. The molecule has 19 heavy (non-hydrogen) atoms. The van der Waals surface area contributed by atoms with Crippen LogP contribution in [0, 0.1) is 10.8 Å². The predicted octanol–water partition coefficient (Wildman–Crippen LogP) is 1.68. The Morgan fingerprint density at radius 3 is 2.32 bits per heavy atom. The van der Waals surface area contributed by atoms with Crippen LogP contribution in [0.5, 0.6) is 0 Å². The molecule has 0 aromatic carbocycles. The lowest BCUT2D eigenvalue weighted by atomic mass is 9.66. The summed E-state index contributed by atoms with van der Waals surface area (Å²) in [5, 5.41) is 0. The van der Waals surface area contributed by atoms with Gasteiger partial charge in [-0.25, -0.2) is 0 Å². The molecule has 2 heterocycles. The topological polar surface area (TPSA) is 46.6 Å². The summed E-state index contributed by atoms with van der Waals surface area (Å²) in [6.45, 7) is 7.53. The van der Waals surface area contributed by atoms with Crippen molar-refractivity contribution >= 4 is 23.6 Å². The van der Waals surface area contributed by atoms with E-state index in [2.05, 4.69) is 0 Å².